The molecule has 8 nitrogen and oxygen atoms in total. The van der Waals surface area contributed by atoms with Gasteiger partial charge in [-0.05, 0) is 19.1 Å². The lowest BCUT2D eigenvalue weighted by Gasteiger charge is -2.26. The van der Waals surface area contributed by atoms with E-state index < -0.39 is 0 Å². The van der Waals surface area contributed by atoms with Crippen LogP contribution < -0.4 is 5.56 Å². The summed E-state index contributed by atoms with van der Waals surface area (Å²) in [5.74, 6) is 0.0314. The molecule has 1 aliphatic heterocycles. The number of rotatable bonds is 4. The normalized spacial score (nSPS) is 14.6. The monoisotopic (exact) mass is 381 g/mol. The molecular formula is C20H23N5O3. The largest absolute Gasteiger partial charge is 0.378 e. The highest BCUT2D eigenvalue weighted by molar-refractivity contribution is 5.77. The van der Waals surface area contributed by atoms with Gasteiger partial charge in [0.25, 0.3) is 5.56 Å². The summed E-state index contributed by atoms with van der Waals surface area (Å²) in [5, 5.41) is 4.58. The van der Waals surface area contributed by atoms with Gasteiger partial charge in [-0.1, -0.05) is 18.2 Å². The predicted octanol–water partition coefficient (Wildman–Crippen LogP) is 1.22. The topological polar surface area (TPSA) is 82.2 Å². The van der Waals surface area contributed by atoms with Crippen LogP contribution in [0.25, 0.3) is 16.9 Å². The number of carbonyl (C=O) groups is 1. The average Bonchev–Trinajstić information content (AvgIpc) is 3.07. The lowest BCUT2D eigenvalue weighted by atomic mass is 10.2. The van der Waals surface area contributed by atoms with Gasteiger partial charge in [0.1, 0.15) is 11.2 Å². The predicted molar refractivity (Wildman–Crippen MR) is 105 cm³/mol. The average molecular weight is 381 g/mol. The zero-order chi connectivity index (χ0) is 19.7. The second kappa shape index (κ2) is 7.55. The van der Waals surface area contributed by atoms with Gasteiger partial charge >= 0.3 is 0 Å². The number of nitrogens with zero attached hydrogens (tertiary/aromatic N) is 5. The number of aryl methyl sites for hydroxylation is 3. The number of benzene rings is 1. The number of morpholine rings is 1. The first kappa shape index (κ1) is 18.4. The van der Waals surface area contributed by atoms with E-state index in [1.807, 2.05) is 37.3 Å². The number of hydrogen-bond acceptors (Lipinski definition) is 5. The lowest BCUT2D eigenvalue weighted by Crippen LogP contribution is -2.41. The lowest BCUT2D eigenvalue weighted by molar-refractivity contribution is -0.135. The van der Waals surface area contributed by atoms with Gasteiger partial charge in [0.2, 0.25) is 5.91 Å². The molecule has 146 valence electrons. The number of fused-ring (bicyclic) bond motifs is 1. The molecule has 0 saturated carbocycles. The molecule has 0 aliphatic carbocycles. The van der Waals surface area contributed by atoms with Gasteiger partial charge in [-0.2, -0.15) is 5.10 Å². The Balaban J connectivity index is 1.66. The van der Waals surface area contributed by atoms with Crippen LogP contribution in [0.15, 0.2) is 35.1 Å². The first-order valence-corrected chi connectivity index (χ1v) is 9.42. The van der Waals surface area contributed by atoms with Crippen molar-refractivity contribution in [2.45, 2.75) is 19.8 Å². The molecule has 0 bridgehead atoms. The summed E-state index contributed by atoms with van der Waals surface area (Å²) < 4.78 is 8.59. The van der Waals surface area contributed by atoms with Gasteiger partial charge in [-0.15, -0.1) is 0 Å². The fourth-order valence-corrected chi connectivity index (χ4v) is 3.52. The minimum absolute atomic E-state index is 0.0314. The van der Waals surface area contributed by atoms with Crippen LogP contribution >= 0.6 is 0 Å². The SMILES string of the molecule is Cc1nn(-c2ccccc2)c2c1nc(CCC(=O)N1CCOCC1)c(=O)n2C. The second-order valence-electron chi connectivity index (χ2n) is 6.92. The van der Waals surface area contributed by atoms with Crippen LogP contribution in [0.1, 0.15) is 17.8 Å². The molecule has 0 radical (unpaired) electrons. The van der Waals surface area contributed by atoms with Gasteiger partial charge < -0.3 is 9.64 Å². The highest BCUT2D eigenvalue weighted by atomic mass is 16.5. The van der Waals surface area contributed by atoms with E-state index in [1.165, 1.54) is 0 Å². The maximum atomic E-state index is 12.9. The molecule has 28 heavy (non-hydrogen) atoms. The number of aromatic nitrogens is 4. The summed E-state index contributed by atoms with van der Waals surface area (Å²) in [6, 6.07) is 9.66. The molecule has 3 aromatic rings. The van der Waals surface area contributed by atoms with Crippen molar-refractivity contribution in [2.24, 2.45) is 7.05 Å². The smallest absolute Gasteiger partial charge is 0.273 e. The van der Waals surface area contributed by atoms with Gasteiger partial charge in [-0.3, -0.25) is 14.2 Å². The van der Waals surface area contributed by atoms with E-state index >= 15 is 0 Å². The van der Waals surface area contributed by atoms with Crippen molar-refractivity contribution in [1.29, 1.82) is 0 Å². The molecule has 8 heteroatoms. The van der Waals surface area contributed by atoms with Crippen LogP contribution in [-0.4, -0.2) is 56.4 Å². The summed E-state index contributed by atoms with van der Waals surface area (Å²) in [6.07, 6.45) is 0.578. The Labute approximate surface area is 162 Å². The molecule has 0 atom stereocenters. The van der Waals surface area contributed by atoms with E-state index in [-0.39, 0.29) is 17.9 Å². The Bertz CT molecular complexity index is 1060. The zero-order valence-corrected chi connectivity index (χ0v) is 16.1. The van der Waals surface area contributed by atoms with Gasteiger partial charge in [-0.25, -0.2) is 9.67 Å². The van der Waals surface area contributed by atoms with E-state index in [2.05, 4.69) is 10.1 Å². The van der Waals surface area contributed by atoms with E-state index in [0.29, 0.717) is 49.6 Å². The summed E-state index contributed by atoms with van der Waals surface area (Å²) in [7, 11) is 1.72. The first-order valence-electron chi connectivity index (χ1n) is 9.42. The Morgan fingerprint density at radius 3 is 2.61 bits per heavy atom. The Morgan fingerprint density at radius 1 is 1.18 bits per heavy atom. The fourth-order valence-electron chi connectivity index (χ4n) is 3.52. The number of para-hydroxylation sites is 1. The Morgan fingerprint density at radius 2 is 1.89 bits per heavy atom. The minimum atomic E-state index is -0.195. The van der Waals surface area contributed by atoms with E-state index in [4.69, 9.17) is 4.74 Å². The minimum Gasteiger partial charge on any atom is -0.378 e. The van der Waals surface area contributed by atoms with Crippen molar-refractivity contribution < 1.29 is 9.53 Å². The van der Waals surface area contributed by atoms with E-state index in [0.717, 1.165) is 11.4 Å². The maximum absolute atomic E-state index is 12.9. The number of amides is 1. The van der Waals surface area contributed by atoms with Gasteiger partial charge in [0.15, 0.2) is 5.65 Å². The number of hydrogen-bond donors (Lipinski definition) is 0. The first-order chi connectivity index (χ1) is 13.6. The zero-order valence-electron chi connectivity index (χ0n) is 16.1. The molecule has 1 saturated heterocycles. The van der Waals surface area contributed by atoms with Crippen LogP contribution in [-0.2, 0) is 23.0 Å². The molecule has 3 heterocycles. The summed E-state index contributed by atoms with van der Waals surface area (Å²) >= 11 is 0. The number of carbonyl (C=O) groups excluding carboxylic acids is 1. The number of ether oxygens (including phenoxy) is 1. The Kier molecular flexibility index (Phi) is 4.95. The van der Waals surface area contributed by atoms with E-state index in [1.54, 1.807) is 21.2 Å². The fraction of sp³-hybridized carbons (Fsp3) is 0.400. The van der Waals surface area contributed by atoms with Crippen LogP contribution in [0.3, 0.4) is 0 Å². The van der Waals surface area contributed by atoms with Crippen LogP contribution in [0.2, 0.25) is 0 Å². The van der Waals surface area contributed by atoms with Crippen molar-refractivity contribution in [3.63, 3.8) is 0 Å². The van der Waals surface area contributed by atoms with Crippen molar-refractivity contribution >= 4 is 17.1 Å². The van der Waals surface area contributed by atoms with Gasteiger partial charge in [0.05, 0.1) is 24.6 Å². The molecule has 2 aromatic heterocycles. The standard InChI is InChI=1S/C20H23N5O3/c1-14-18-19(25(22-14)15-6-4-3-5-7-15)23(2)20(27)16(21-18)8-9-17(26)24-10-12-28-13-11-24/h3-7H,8-13H2,1-2H3. The quantitative estimate of drug-likeness (QED) is 0.679. The molecule has 4 rings (SSSR count). The van der Waals surface area contributed by atoms with Crippen LogP contribution in [0, 0.1) is 6.92 Å². The molecule has 0 N–H and O–H groups in total. The third-order valence-corrected chi connectivity index (χ3v) is 5.06. The Hall–Kier alpha value is -3.00. The van der Waals surface area contributed by atoms with E-state index in [9.17, 15) is 9.59 Å². The molecule has 1 amide bonds. The third kappa shape index (κ3) is 3.31. The summed E-state index contributed by atoms with van der Waals surface area (Å²) in [5.41, 5.74) is 3.14. The molecule has 1 fully saturated rings. The molecule has 1 aliphatic rings. The third-order valence-electron chi connectivity index (χ3n) is 5.06. The summed E-state index contributed by atoms with van der Waals surface area (Å²) in [6.45, 7) is 4.21. The van der Waals surface area contributed by atoms with Gasteiger partial charge in [0, 0.05) is 33.0 Å². The highest BCUT2D eigenvalue weighted by Gasteiger charge is 2.20. The van der Waals surface area contributed by atoms with Crippen LogP contribution in [0.4, 0.5) is 0 Å². The van der Waals surface area contributed by atoms with Crippen LogP contribution in [0.5, 0.6) is 0 Å². The van der Waals surface area contributed by atoms with Crippen molar-refractivity contribution in [3.05, 3.63) is 52.1 Å². The van der Waals surface area contributed by atoms with Crippen molar-refractivity contribution in [3.8, 4) is 5.69 Å². The molecule has 1 aromatic carbocycles. The summed E-state index contributed by atoms with van der Waals surface area (Å²) in [4.78, 5) is 31.7. The van der Waals surface area contributed by atoms with Crippen molar-refractivity contribution in [2.75, 3.05) is 26.3 Å². The molecule has 0 unspecified atom stereocenters. The maximum Gasteiger partial charge on any atom is 0.273 e. The van der Waals surface area contributed by atoms with Crippen molar-refractivity contribution in [1.82, 2.24) is 24.2 Å². The molecular weight excluding hydrogens is 358 g/mol. The molecule has 0 spiro atoms. The highest BCUT2D eigenvalue weighted by Crippen LogP contribution is 2.19. The second-order valence-corrected chi connectivity index (χ2v) is 6.92.